The van der Waals surface area contributed by atoms with E-state index in [4.69, 9.17) is 18.9 Å². The summed E-state index contributed by atoms with van der Waals surface area (Å²) in [4.78, 5) is 33.2. The van der Waals surface area contributed by atoms with Gasteiger partial charge >= 0.3 is 17.9 Å². The minimum Gasteiger partial charge on any atom is -0.456 e. The predicted octanol–water partition coefficient (Wildman–Crippen LogP) is 0.0676. The Hall–Kier alpha value is -1.28. The van der Waals surface area contributed by atoms with Crippen LogP contribution in [0.3, 0.4) is 0 Å². The van der Waals surface area contributed by atoms with Crippen molar-refractivity contribution in [3.05, 3.63) is 0 Å². The van der Waals surface area contributed by atoms with Gasteiger partial charge < -0.3 is 18.9 Å². The first-order valence-electron chi connectivity index (χ1n) is 5.62. The van der Waals surface area contributed by atoms with Crippen molar-refractivity contribution in [3.8, 4) is 0 Å². The summed E-state index contributed by atoms with van der Waals surface area (Å²) in [5.41, 5.74) is -0.764. The number of hydrogen-bond donors (Lipinski definition) is 1. The average molecular weight is 292 g/mol. The first-order chi connectivity index (χ1) is 8.81. The second-order valence-corrected chi connectivity index (χ2v) is 4.53. The molecule has 0 aromatic carbocycles. The third-order valence-corrected chi connectivity index (χ3v) is 2.77. The van der Waals surface area contributed by atoms with Crippen molar-refractivity contribution in [1.29, 1.82) is 0 Å². The zero-order valence-corrected chi connectivity index (χ0v) is 11.7. The van der Waals surface area contributed by atoms with Crippen LogP contribution in [0, 0.1) is 0 Å². The summed E-state index contributed by atoms with van der Waals surface area (Å²) in [6.45, 7) is 3.64. The molecule has 1 rings (SSSR count). The van der Waals surface area contributed by atoms with E-state index >= 15 is 0 Å². The fourth-order valence-electron chi connectivity index (χ4n) is 1.72. The van der Waals surface area contributed by atoms with Gasteiger partial charge in [0.15, 0.2) is 18.3 Å². The van der Waals surface area contributed by atoms with Crippen LogP contribution in [0.25, 0.3) is 0 Å². The maximum atomic E-state index is 11.1. The van der Waals surface area contributed by atoms with Crippen molar-refractivity contribution in [2.24, 2.45) is 0 Å². The van der Waals surface area contributed by atoms with E-state index in [9.17, 15) is 14.4 Å². The highest BCUT2D eigenvalue weighted by Gasteiger charge is 2.45. The molecule has 0 aliphatic carbocycles. The van der Waals surface area contributed by atoms with Gasteiger partial charge in [-0.1, -0.05) is 0 Å². The van der Waals surface area contributed by atoms with Crippen LogP contribution < -0.4 is 0 Å². The van der Waals surface area contributed by atoms with Gasteiger partial charge in [0.1, 0.15) is 5.44 Å². The molecule has 0 N–H and O–H groups in total. The highest BCUT2D eigenvalue weighted by molar-refractivity contribution is 7.80. The Bertz CT molecular complexity index is 370. The lowest BCUT2D eigenvalue weighted by atomic mass is 10.1. The van der Waals surface area contributed by atoms with Gasteiger partial charge in [0.05, 0.1) is 6.61 Å². The zero-order valence-electron chi connectivity index (χ0n) is 10.8. The first kappa shape index (κ1) is 15.8. The number of carbonyl (C=O) groups is 3. The van der Waals surface area contributed by atoms with E-state index in [2.05, 4.69) is 12.6 Å². The lowest BCUT2D eigenvalue weighted by Gasteiger charge is -2.38. The highest BCUT2D eigenvalue weighted by Crippen LogP contribution is 2.26. The molecule has 0 aromatic rings. The molecule has 0 amide bonds. The summed E-state index contributed by atoms with van der Waals surface area (Å²) >= 11 is 4.11. The monoisotopic (exact) mass is 292 g/mol. The van der Waals surface area contributed by atoms with Gasteiger partial charge in [-0.3, -0.25) is 14.4 Å². The third kappa shape index (κ3) is 4.71. The topological polar surface area (TPSA) is 88.1 Å². The van der Waals surface area contributed by atoms with Crippen molar-refractivity contribution in [3.63, 3.8) is 0 Å². The average Bonchev–Trinajstić information content (AvgIpc) is 2.25. The second-order valence-electron chi connectivity index (χ2n) is 4.02. The molecule has 1 aliphatic rings. The Balaban J connectivity index is 2.89. The molecule has 0 aromatic heterocycles. The van der Waals surface area contributed by atoms with Crippen LogP contribution in [0.5, 0.6) is 0 Å². The van der Waals surface area contributed by atoms with Crippen LogP contribution in [-0.4, -0.2) is 48.3 Å². The molecule has 1 saturated heterocycles. The molecule has 0 unspecified atom stereocenters. The Kier molecular flexibility index (Phi) is 5.61. The van der Waals surface area contributed by atoms with Gasteiger partial charge in [-0.05, 0) is 0 Å². The summed E-state index contributed by atoms with van der Waals surface area (Å²) in [7, 11) is 0. The Morgan fingerprint density at radius 1 is 0.947 bits per heavy atom. The molecule has 8 heteroatoms. The number of thiol groups is 1. The predicted molar refractivity (Wildman–Crippen MR) is 65.4 cm³/mol. The molecular formula is C11H16O7S. The molecule has 19 heavy (non-hydrogen) atoms. The van der Waals surface area contributed by atoms with Crippen LogP contribution in [-0.2, 0) is 33.3 Å². The lowest BCUT2D eigenvalue weighted by molar-refractivity contribution is -0.213. The Labute approximate surface area is 115 Å². The quantitative estimate of drug-likeness (QED) is 0.447. The van der Waals surface area contributed by atoms with Crippen LogP contribution >= 0.6 is 12.6 Å². The van der Waals surface area contributed by atoms with E-state index in [1.165, 1.54) is 20.8 Å². The molecule has 108 valence electrons. The molecule has 1 heterocycles. The minimum atomic E-state index is -0.943. The number of carbonyl (C=O) groups excluding carboxylic acids is 3. The SMILES string of the molecule is CC(=O)O[C@H]1[C@H](OC(C)=O)[C@H](OC(C)=O)CO[C@H]1S. The molecule has 7 nitrogen and oxygen atoms in total. The largest absolute Gasteiger partial charge is 0.456 e. The van der Waals surface area contributed by atoms with Crippen molar-refractivity contribution in [2.45, 2.75) is 44.5 Å². The van der Waals surface area contributed by atoms with E-state index in [-0.39, 0.29) is 6.61 Å². The van der Waals surface area contributed by atoms with Crippen molar-refractivity contribution in [1.82, 2.24) is 0 Å². The molecular weight excluding hydrogens is 276 g/mol. The van der Waals surface area contributed by atoms with E-state index < -0.39 is 41.7 Å². The van der Waals surface area contributed by atoms with Crippen LogP contribution in [0.15, 0.2) is 0 Å². The molecule has 1 fully saturated rings. The number of rotatable bonds is 3. The molecule has 0 bridgehead atoms. The molecule has 1 aliphatic heterocycles. The van der Waals surface area contributed by atoms with Gasteiger partial charge in [-0.2, -0.15) is 0 Å². The van der Waals surface area contributed by atoms with Crippen molar-refractivity contribution in [2.75, 3.05) is 6.61 Å². The Morgan fingerprint density at radius 2 is 1.42 bits per heavy atom. The summed E-state index contributed by atoms with van der Waals surface area (Å²) < 4.78 is 20.3. The standard InChI is InChI=1S/C11H16O7S/c1-5(12)16-8-4-15-11(19)10(18-7(3)14)9(8)17-6(2)13/h8-11,19H,4H2,1-3H3/t8-,9-,10+,11+/m1/s1. The van der Waals surface area contributed by atoms with E-state index in [1.807, 2.05) is 0 Å². The normalized spacial score (nSPS) is 30.3. The summed E-state index contributed by atoms with van der Waals surface area (Å²) in [5.74, 6) is -1.71. The van der Waals surface area contributed by atoms with Gasteiger partial charge in [0.2, 0.25) is 0 Å². The van der Waals surface area contributed by atoms with Gasteiger partial charge in [-0.25, -0.2) is 0 Å². The molecule has 0 saturated carbocycles. The first-order valence-corrected chi connectivity index (χ1v) is 6.14. The van der Waals surface area contributed by atoms with Crippen LogP contribution in [0.2, 0.25) is 0 Å². The van der Waals surface area contributed by atoms with Gasteiger partial charge in [0.25, 0.3) is 0 Å². The van der Waals surface area contributed by atoms with Crippen LogP contribution in [0.4, 0.5) is 0 Å². The molecule has 0 radical (unpaired) electrons. The van der Waals surface area contributed by atoms with Gasteiger partial charge in [0, 0.05) is 20.8 Å². The van der Waals surface area contributed by atoms with Gasteiger partial charge in [-0.15, -0.1) is 12.6 Å². The van der Waals surface area contributed by atoms with E-state index in [1.54, 1.807) is 0 Å². The molecule has 0 spiro atoms. The minimum absolute atomic E-state index is 0.00343. The summed E-state index contributed by atoms with van der Waals surface area (Å²) in [6.07, 6.45) is -2.72. The zero-order chi connectivity index (χ0) is 14.6. The molecule has 4 atom stereocenters. The summed E-state index contributed by atoms with van der Waals surface area (Å²) in [5, 5.41) is 0. The van der Waals surface area contributed by atoms with Crippen molar-refractivity contribution >= 4 is 30.5 Å². The van der Waals surface area contributed by atoms with Crippen LogP contribution in [0.1, 0.15) is 20.8 Å². The van der Waals surface area contributed by atoms with E-state index in [0.29, 0.717) is 0 Å². The fraction of sp³-hybridized carbons (Fsp3) is 0.727. The fourth-order valence-corrected chi connectivity index (χ4v) is 2.04. The number of ether oxygens (including phenoxy) is 4. The maximum absolute atomic E-state index is 11.1. The second kappa shape index (κ2) is 6.76. The highest BCUT2D eigenvalue weighted by atomic mass is 32.1. The lowest BCUT2D eigenvalue weighted by Crippen LogP contribution is -2.55. The summed E-state index contributed by atoms with van der Waals surface area (Å²) in [6, 6.07) is 0. The Morgan fingerprint density at radius 3 is 1.89 bits per heavy atom. The smallest absolute Gasteiger partial charge is 0.303 e. The number of esters is 3. The maximum Gasteiger partial charge on any atom is 0.303 e. The van der Waals surface area contributed by atoms with E-state index in [0.717, 1.165) is 0 Å². The number of hydrogen-bond acceptors (Lipinski definition) is 8. The van der Waals surface area contributed by atoms with Crippen molar-refractivity contribution < 1.29 is 33.3 Å². The third-order valence-electron chi connectivity index (χ3n) is 2.32.